The summed E-state index contributed by atoms with van der Waals surface area (Å²) < 4.78 is 11.6. The normalized spacial score (nSPS) is 17.2. The van der Waals surface area contributed by atoms with Crippen LogP contribution in [0.5, 0.6) is 5.75 Å². The van der Waals surface area contributed by atoms with Crippen molar-refractivity contribution in [3.8, 4) is 5.75 Å². The molecule has 0 atom stereocenters. The topological polar surface area (TPSA) is 55.8 Å². The Kier molecular flexibility index (Phi) is 3.37. The standard InChI is InChI=1S/C17H23NO4Si/c1-17(2,3)23(5,6)22-12-7-10-9-21-16(20)13(10)11-8-18(4)15(19)14(11)12/h7H,8-9H2,1-6H3. The summed E-state index contributed by atoms with van der Waals surface area (Å²) in [6, 6.07) is 1.83. The monoisotopic (exact) mass is 333 g/mol. The molecule has 0 spiro atoms. The van der Waals surface area contributed by atoms with Gasteiger partial charge in [-0.05, 0) is 24.2 Å². The summed E-state index contributed by atoms with van der Waals surface area (Å²) in [4.78, 5) is 26.2. The molecule has 0 N–H and O–H groups in total. The van der Waals surface area contributed by atoms with E-state index >= 15 is 0 Å². The lowest BCUT2D eigenvalue weighted by atomic mass is 9.98. The lowest BCUT2D eigenvalue weighted by molar-refractivity contribution is 0.0533. The first kappa shape index (κ1) is 16.0. The zero-order valence-electron chi connectivity index (χ0n) is 14.6. The largest absolute Gasteiger partial charge is 0.543 e. The summed E-state index contributed by atoms with van der Waals surface area (Å²) in [6.45, 7) is 11.5. The van der Waals surface area contributed by atoms with E-state index in [1.807, 2.05) is 6.07 Å². The summed E-state index contributed by atoms with van der Waals surface area (Å²) in [5.74, 6) is 0.187. The predicted octanol–water partition coefficient (Wildman–Crippen LogP) is 3.33. The first-order chi connectivity index (χ1) is 10.5. The molecule has 0 aliphatic carbocycles. The van der Waals surface area contributed by atoms with Crippen molar-refractivity contribution in [2.45, 2.75) is 52.1 Å². The highest BCUT2D eigenvalue weighted by Crippen LogP contribution is 2.43. The predicted molar refractivity (Wildman–Crippen MR) is 89.2 cm³/mol. The van der Waals surface area contributed by atoms with Gasteiger partial charge in [0.05, 0.1) is 11.1 Å². The number of fused-ring (bicyclic) bond motifs is 3. The van der Waals surface area contributed by atoms with E-state index in [-0.39, 0.29) is 23.5 Å². The van der Waals surface area contributed by atoms with Crippen molar-refractivity contribution in [3.63, 3.8) is 0 Å². The molecule has 6 heteroatoms. The minimum absolute atomic E-state index is 0.0266. The number of rotatable bonds is 2. The zero-order valence-corrected chi connectivity index (χ0v) is 15.6. The molecule has 2 aliphatic heterocycles. The summed E-state index contributed by atoms with van der Waals surface area (Å²) >= 11 is 0. The molecule has 0 saturated carbocycles. The van der Waals surface area contributed by atoms with Gasteiger partial charge in [0.15, 0.2) is 0 Å². The molecule has 0 saturated heterocycles. The maximum Gasteiger partial charge on any atom is 0.339 e. The highest BCUT2D eigenvalue weighted by molar-refractivity contribution is 6.74. The second-order valence-corrected chi connectivity index (χ2v) is 12.6. The van der Waals surface area contributed by atoms with Gasteiger partial charge in [-0.3, -0.25) is 4.79 Å². The molecule has 2 heterocycles. The minimum atomic E-state index is -2.09. The summed E-state index contributed by atoms with van der Waals surface area (Å²) in [5.41, 5.74) is 2.67. The molecule has 124 valence electrons. The number of esters is 1. The number of hydrogen-bond acceptors (Lipinski definition) is 4. The average Bonchev–Trinajstić information content (AvgIpc) is 2.90. The number of ether oxygens (including phenoxy) is 1. The van der Waals surface area contributed by atoms with Gasteiger partial charge in [0.25, 0.3) is 14.2 Å². The number of carbonyl (C=O) groups is 2. The van der Waals surface area contributed by atoms with Crippen molar-refractivity contribution in [2.75, 3.05) is 7.05 Å². The first-order valence-corrected chi connectivity index (χ1v) is 10.7. The Morgan fingerprint density at radius 3 is 2.48 bits per heavy atom. The number of hydrogen-bond donors (Lipinski definition) is 0. The Hall–Kier alpha value is -1.82. The molecule has 5 nitrogen and oxygen atoms in total. The van der Waals surface area contributed by atoms with Gasteiger partial charge in [-0.2, -0.15) is 0 Å². The zero-order chi connectivity index (χ0) is 17.2. The molecule has 1 aromatic carbocycles. The van der Waals surface area contributed by atoms with Crippen molar-refractivity contribution >= 4 is 20.2 Å². The Morgan fingerprint density at radius 1 is 1.22 bits per heavy atom. The lowest BCUT2D eigenvalue weighted by Crippen LogP contribution is -2.44. The Morgan fingerprint density at radius 2 is 1.87 bits per heavy atom. The molecule has 2 aliphatic rings. The summed E-state index contributed by atoms with van der Waals surface area (Å²) in [5, 5.41) is 0.0266. The van der Waals surface area contributed by atoms with Gasteiger partial charge in [-0.15, -0.1) is 0 Å². The second kappa shape index (κ2) is 4.83. The van der Waals surface area contributed by atoms with Crippen molar-refractivity contribution in [1.82, 2.24) is 4.90 Å². The van der Waals surface area contributed by atoms with E-state index in [0.29, 0.717) is 23.4 Å². The molecular formula is C17H23NO4Si. The van der Waals surface area contributed by atoms with Gasteiger partial charge < -0.3 is 14.1 Å². The maximum absolute atomic E-state index is 12.6. The van der Waals surface area contributed by atoms with Gasteiger partial charge >= 0.3 is 5.97 Å². The SMILES string of the molecule is CN1Cc2c3c(cc(O[Si](C)(C)C(C)(C)C)c2C1=O)COC3=O. The summed E-state index contributed by atoms with van der Waals surface area (Å²) in [6.07, 6.45) is 0. The van der Waals surface area contributed by atoms with Crippen LogP contribution in [0.1, 0.15) is 52.6 Å². The Bertz CT molecular complexity index is 718. The van der Waals surface area contributed by atoms with Gasteiger partial charge in [-0.1, -0.05) is 20.8 Å². The van der Waals surface area contributed by atoms with E-state index < -0.39 is 8.32 Å². The smallest absolute Gasteiger partial charge is 0.339 e. The van der Waals surface area contributed by atoms with Crippen LogP contribution < -0.4 is 4.43 Å². The van der Waals surface area contributed by atoms with Crippen molar-refractivity contribution in [2.24, 2.45) is 0 Å². The summed E-state index contributed by atoms with van der Waals surface area (Å²) in [7, 11) is -0.345. The highest BCUT2D eigenvalue weighted by Gasteiger charge is 2.43. The van der Waals surface area contributed by atoms with Crippen molar-refractivity contribution in [1.29, 1.82) is 0 Å². The molecule has 0 aromatic heterocycles. The lowest BCUT2D eigenvalue weighted by Gasteiger charge is -2.37. The van der Waals surface area contributed by atoms with Crippen LogP contribution in [0.25, 0.3) is 0 Å². The fraction of sp³-hybridized carbons (Fsp3) is 0.529. The van der Waals surface area contributed by atoms with Gasteiger partial charge in [0, 0.05) is 24.7 Å². The highest BCUT2D eigenvalue weighted by atomic mass is 28.4. The third-order valence-electron chi connectivity index (χ3n) is 5.17. The number of benzene rings is 1. The molecular weight excluding hydrogens is 310 g/mol. The van der Waals surface area contributed by atoms with Crippen LogP contribution in [-0.4, -0.2) is 32.1 Å². The first-order valence-electron chi connectivity index (χ1n) is 7.83. The van der Waals surface area contributed by atoms with Crippen LogP contribution in [-0.2, 0) is 17.9 Å². The molecule has 1 amide bonds. The second-order valence-electron chi connectivity index (χ2n) is 7.86. The van der Waals surface area contributed by atoms with Gasteiger partial charge in [0.2, 0.25) is 0 Å². The molecule has 1 aromatic rings. The maximum atomic E-state index is 12.6. The molecule has 0 bridgehead atoms. The van der Waals surface area contributed by atoms with Crippen LogP contribution in [0, 0.1) is 0 Å². The Balaban J connectivity index is 2.15. The van der Waals surface area contributed by atoms with Crippen molar-refractivity contribution < 1.29 is 18.8 Å². The Labute approximate surface area is 137 Å². The molecule has 0 fully saturated rings. The molecule has 0 radical (unpaired) electrons. The van der Waals surface area contributed by atoms with Crippen LogP contribution in [0.4, 0.5) is 0 Å². The van der Waals surface area contributed by atoms with Crippen LogP contribution in [0.15, 0.2) is 6.07 Å². The molecule has 3 rings (SSSR count). The fourth-order valence-corrected chi connectivity index (χ4v) is 3.77. The van der Waals surface area contributed by atoms with Gasteiger partial charge in [-0.25, -0.2) is 4.79 Å². The quantitative estimate of drug-likeness (QED) is 0.615. The molecule has 23 heavy (non-hydrogen) atoms. The number of cyclic esters (lactones) is 1. The van der Waals surface area contributed by atoms with E-state index in [2.05, 4.69) is 33.9 Å². The average molecular weight is 333 g/mol. The third kappa shape index (κ3) is 2.36. The van der Waals surface area contributed by atoms with E-state index in [1.54, 1.807) is 11.9 Å². The van der Waals surface area contributed by atoms with Crippen molar-refractivity contribution in [3.05, 3.63) is 28.3 Å². The van der Waals surface area contributed by atoms with E-state index in [4.69, 9.17) is 9.16 Å². The van der Waals surface area contributed by atoms with Crippen LogP contribution in [0.2, 0.25) is 18.1 Å². The molecule has 0 unspecified atom stereocenters. The van der Waals surface area contributed by atoms with Gasteiger partial charge in [0.1, 0.15) is 12.4 Å². The number of carbonyl (C=O) groups excluding carboxylic acids is 2. The van der Waals surface area contributed by atoms with E-state index in [9.17, 15) is 9.59 Å². The number of nitrogens with zero attached hydrogens (tertiary/aromatic N) is 1. The fourth-order valence-electron chi connectivity index (χ4n) is 2.75. The van der Waals surface area contributed by atoms with Crippen LogP contribution >= 0.6 is 0 Å². The minimum Gasteiger partial charge on any atom is -0.543 e. The van der Waals surface area contributed by atoms with Crippen LogP contribution in [0.3, 0.4) is 0 Å². The number of amides is 1. The van der Waals surface area contributed by atoms with E-state index in [0.717, 1.165) is 11.1 Å². The van der Waals surface area contributed by atoms with E-state index in [1.165, 1.54) is 0 Å². The third-order valence-corrected chi connectivity index (χ3v) is 9.51.